The van der Waals surface area contributed by atoms with Gasteiger partial charge in [0.2, 0.25) is 0 Å². The SMILES string of the molecule is C=C(C(=O)OC)[C@@H]1CC[C@H](C)[C@H]2C(=C(C)C(=O)C2Cc2cc(F)ccc2F)C1. The highest BCUT2D eigenvalue weighted by Gasteiger charge is 2.45. The first-order chi connectivity index (χ1) is 13.2. The Morgan fingerprint density at radius 2 is 2.00 bits per heavy atom. The molecule has 0 saturated heterocycles. The number of ketones is 1. The summed E-state index contributed by atoms with van der Waals surface area (Å²) in [6.07, 6.45) is 2.39. The maximum atomic E-state index is 14.2. The van der Waals surface area contributed by atoms with Crippen LogP contribution in [0.15, 0.2) is 41.5 Å². The summed E-state index contributed by atoms with van der Waals surface area (Å²) in [5.74, 6) is -1.70. The van der Waals surface area contributed by atoms with Crippen molar-refractivity contribution in [2.45, 2.75) is 39.5 Å². The molecule has 4 atom stereocenters. The number of carbonyl (C=O) groups is 2. The Morgan fingerprint density at radius 1 is 1.29 bits per heavy atom. The van der Waals surface area contributed by atoms with Crippen LogP contribution >= 0.6 is 0 Å². The normalized spacial score (nSPS) is 27.4. The molecule has 1 saturated carbocycles. The van der Waals surface area contributed by atoms with E-state index in [9.17, 15) is 18.4 Å². The van der Waals surface area contributed by atoms with E-state index in [-0.39, 0.29) is 35.5 Å². The summed E-state index contributed by atoms with van der Waals surface area (Å²) < 4.78 is 32.6. The lowest BCUT2D eigenvalue weighted by molar-refractivity contribution is -0.136. The Balaban J connectivity index is 1.91. The molecule has 0 heterocycles. The first kappa shape index (κ1) is 20.4. The fraction of sp³-hybridized carbons (Fsp3) is 0.478. The highest BCUT2D eigenvalue weighted by molar-refractivity contribution is 6.01. The van der Waals surface area contributed by atoms with E-state index in [1.807, 2.05) is 6.92 Å². The van der Waals surface area contributed by atoms with Gasteiger partial charge < -0.3 is 4.74 Å². The van der Waals surface area contributed by atoms with Crippen LogP contribution in [0.2, 0.25) is 0 Å². The second-order valence-electron chi connectivity index (χ2n) is 8.06. The fourth-order valence-corrected chi connectivity index (χ4v) is 4.88. The number of halogens is 2. The minimum absolute atomic E-state index is 0.000147. The molecule has 5 heteroatoms. The monoisotopic (exact) mass is 388 g/mol. The van der Waals surface area contributed by atoms with Crippen LogP contribution in [0.5, 0.6) is 0 Å². The predicted octanol–water partition coefficient (Wildman–Crippen LogP) is 4.80. The van der Waals surface area contributed by atoms with Crippen LogP contribution in [0.25, 0.3) is 0 Å². The van der Waals surface area contributed by atoms with E-state index in [2.05, 4.69) is 13.5 Å². The van der Waals surface area contributed by atoms with Crippen LogP contribution in [0.1, 0.15) is 38.7 Å². The fourth-order valence-electron chi connectivity index (χ4n) is 4.88. The molecule has 1 aromatic rings. The highest BCUT2D eigenvalue weighted by atomic mass is 19.1. The van der Waals surface area contributed by atoms with Gasteiger partial charge in [-0.2, -0.15) is 0 Å². The number of Topliss-reactive ketones (excluding diaryl/α,β-unsaturated/α-hetero) is 1. The summed E-state index contributed by atoms with van der Waals surface area (Å²) in [5.41, 5.74) is 2.40. The minimum atomic E-state index is -0.505. The van der Waals surface area contributed by atoms with Gasteiger partial charge in [0.25, 0.3) is 0 Å². The van der Waals surface area contributed by atoms with Crippen LogP contribution in [0.4, 0.5) is 8.78 Å². The third kappa shape index (κ3) is 3.67. The molecule has 0 spiro atoms. The number of fused-ring (bicyclic) bond motifs is 1. The number of ether oxygens (including phenoxy) is 1. The molecular weight excluding hydrogens is 362 g/mol. The molecule has 0 N–H and O–H groups in total. The Bertz CT molecular complexity index is 855. The second-order valence-corrected chi connectivity index (χ2v) is 8.06. The zero-order valence-corrected chi connectivity index (χ0v) is 16.6. The lowest BCUT2D eigenvalue weighted by atomic mass is 9.77. The van der Waals surface area contributed by atoms with Gasteiger partial charge in [0, 0.05) is 11.5 Å². The number of carbonyl (C=O) groups excluding carboxylic acids is 2. The lowest BCUT2D eigenvalue weighted by Crippen LogP contribution is -2.25. The maximum Gasteiger partial charge on any atom is 0.333 e. The average molecular weight is 388 g/mol. The largest absolute Gasteiger partial charge is 0.466 e. The third-order valence-corrected chi connectivity index (χ3v) is 6.46. The summed E-state index contributed by atoms with van der Waals surface area (Å²) >= 11 is 0. The van der Waals surface area contributed by atoms with Gasteiger partial charge in [-0.15, -0.1) is 0 Å². The van der Waals surface area contributed by atoms with Gasteiger partial charge in [-0.05, 0) is 79.7 Å². The van der Waals surface area contributed by atoms with Crippen molar-refractivity contribution in [3.8, 4) is 0 Å². The van der Waals surface area contributed by atoms with Crippen LogP contribution in [-0.4, -0.2) is 18.9 Å². The molecular formula is C23H26F2O3. The van der Waals surface area contributed by atoms with Crippen molar-refractivity contribution in [2.75, 3.05) is 7.11 Å². The first-order valence-corrected chi connectivity index (χ1v) is 9.69. The topological polar surface area (TPSA) is 43.4 Å². The summed E-state index contributed by atoms with van der Waals surface area (Å²) in [4.78, 5) is 24.9. The van der Waals surface area contributed by atoms with Gasteiger partial charge in [0.05, 0.1) is 7.11 Å². The molecule has 0 aromatic heterocycles. The molecule has 150 valence electrons. The van der Waals surface area contributed by atoms with Crippen molar-refractivity contribution in [1.29, 1.82) is 0 Å². The molecule has 1 aromatic carbocycles. The molecule has 1 unspecified atom stereocenters. The van der Waals surface area contributed by atoms with Gasteiger partial charge in [0.1, 0.15) is 11.6 Å². The number of methoxy groups -OCH3 is 1. The molecule has 2 aliphatic carbocycles. The molecule has 3 nitrogen and oxygen atoms in total. The lowest BCUT2D eigenvalue weighted by Gasteiger charge is -2.26. The van der Waals surface area contributed by atoms with E-state index >= 15 is 0 Å². The molecule has 0 radical (unpaired) electrons. The van der Waals surface area contributed by atoms with E-state index in [0.717, 1.165) is 30.5 Å². The number of allylic oxidation sites excluding steroid dienone is 2. The standard InChI is InChI=1S/C23H26F2O3/c1-12-5-6-15(13(2)23(27)28-4)10-18-14(3)22(26)19(21(12)18)11-16-9-17(24)7-8-20(16)25/h7-9,12,15,19,21H,2,5-6,10-11H2,1,3-4H3/t12-,15+,19?,21-/m0/s1. The van der Waals surface area contributed by atoms with E-state index < -0.39 is 23.5 Å². The predicted molar refractivity (Wildman–Crippen MR) is 102 cm³/mol. The number of benzene rings is 1. The van der Waals surface area contributed by atoms with Crippen LogP contribution in [0.3, 0.4) is 0 Å². The van der Waals surface area contributed by atoms with Gasteiger partial charge in [-0.3, -0.25) is 4.79 Å². The molecule has 1 fully saturated rings. The summed E-state index contributed by atoms with van der Waals surface area (Å²) in [6, 6.07) is 3.37. The Hall–Kier alpha value is -2.30. The molecule has 2 aliphatic rings. The molecule has 28 heavy (non-hydrogen) atoms. The highest BCUT2D eigenvalue weighted by Crippen LogP contribution is 2.49. The third-order valence-electron chi connectivity index (χ3n) is 6.46. The van der Waals surface area contributed by atoms with E-state index in [4.69, 9.17) is 4.74 Å². The maximum absolute atomic E-state index is 14.2. The van der Waals surface area contributed by atoms with Crippen molar-refractivity contribution in [1.82, 2.24) is 0 Å². The Kier molecular flexibility index (Phi) is 5.82. The molecule has 0 aliphatic heterocycles. The van der Waals surface area contributed by atoms with Gasteiger partial charge in [-0.25, -0.2) is 13.6 Å². The quantitative estimate of drug-likeness (QED) is 0.549. The summed E-state index contributed by atoms with van der Waals surface area (Å²) in [7, 11) is 1.34. The zero-order chi connectivity index (χ0) is 20.6. The van der Waals surface area contributed by atoms with Crippen LogP contribution in [-0.2, 0) is 20.7 Å². The van der Waals surface area contributed by atoms with Gasteiger partial charge >= 0.3 is 5.97 Å². The van der Waals surface area contributed by atoms with Gasteiger partial charge in [0.15, 0.2) is 5.78 Å². The van der Waals surface area contributed by atoms with Crippen LogP contribution in [0, 0.1) is 35.3 Å². The molecule has 0 bridgehead atoms. The number of rotatable bonds is 4. The number of hydrogen-bond donors (Lipinski definition) is 0. The van der Waals surface area contributed by atoms with E-state index in [1.165, 1.54) is 13.2 Å². The smallest absolute Gasteiger partial charge is 0.333 e. The zero-order valence-electron chi connectivity index (χ0n) is 16.6. The first-order valence-electron chi connectivity index (χ1n) is 9.69. The molecule has 3 rings (SSSR count). The van der Waals surface area contributed by atoms with Gasteiger partial charge in [-0.1, -0.05) is 19.1 Å². The van der Waals surface area contributed by atoms with Crippen LogP contribution < -0.4 is 0 Å². The average Bonchev–Trinajstić information content (AvgIpc) is 2.81. The van der Waals surface area contributed by atoms with Crippen molar-refractivity contribution >= 4 is 11.8 Å². The summed E-state index contributed by atoms with van der Waals surface area (Å²) in [5, 5.41) is 0. The summed E-state index contributed by atoms with van der Waals surface area (Å²) in [6.45, 7) is 7.81. The Labute approximate surface area is 164 Å². The number of hydrogen-bond acceptors (Lipinski definition) is 3. The minimum Gasteiger partial charge on any atom is -0.466 e. The van der Waals surface area contributed by atoms with E-state index in [1.54, 1.807) is 0 Å². The van der Waals surface area contributed by atoms with Crippen molar-refractivity contribution in [3.63, 3.8) is 0 Å². The van der Waals surface area contributed by atoms with Crippen molar-refractivity contribution in [2.24, 2.45) is 23.7 Å². The van der Waals surface area contributed by atoms with Crippen molar-refractivity contribution in [3.05, 3.63) is 58.7 Å². The number of esters is 1. The second kappa shape index (κ2) is 7.98. The van der Waals surface area contributed by atoms with E-state index in [0.29, 0.717) is 17.6 Å². The molecule has 0 amide bonds. The Morgan fingerprint density at radius 3 is 2.68 bits per heavy atom. The van der Waals surface area contributed by atoms with Crippen molar-refractivity contribution < 1.29 is 23.1 Å².